The Kier molecular flexibility index (Phi) is 5.67. The highest BCUT2D eigenvalue weighted by Gasteiger charge is 2.17. The van der Waals surface area contributed by atoms with Gasteiger partial charge in [-0.05, 0) is 43.4 Å². The standard InChI is InChI=1S/C15H22O4/c1-4-6-8-12-11(7-5-2)10(3)9-13(14(12)16)19-15(17)18/h9,16H,4-8H2,1-3H3,(H,17,18). The van der Waals surface area contributed by atoms with Crippen molar-refractivity contribution in [2.45, 2.75) is 52.9 Å². The largest absolute Gasteiger partial charge is 0.511 e. The predicted octanol–water partition coefficient (Wildman–Crippen LogP) is 4.05. The maximum atomic E-state index is 10.6. The molecule has 0 aromatic heterocycles. The molecule has 0 saturated heterocycles. The number of phenolic OH excluding ortho intramolecular Hbond substituents is 1. The molecule has 0 aliphatic heterocycles. The predicted molar refractivity (Wildman–Crippen MR) is 74.1 cm³/mol. The van der Waals surface area contributed by atoms with E-state index in [0.717, 1.165) is 48.8 Å². The highest BCUT2D eigenvalue weighted by atomic mass is 16.7. The Hall–Kier alpha value is -1.71. The number of unbranched alkanes of at least 4 members (excludes halogenated alkanes) is 1. The lowest BCUT2D eigenvalue weighted by Crippen LogP contribution is -2.06. The summed E-state index contributed by atoms with van der Waals surface area (Å²) in [7, 11) is 0. The fourth-order valence-electron chi connectivity index (χ4n) is 2.27. The summed E-state index contributed by atoms with van der Waals surface area (Å²) in [6.45, 7) is 6.09. The molecule has 0 atom stereocenters. The molecule has 19 heavy (non-hydrogen) atoms. The van der Waals surface area contributed by atoms with E-state index in [1.54, 1.807) is 6.07 Å². The van der Waals surface area contributed by atoms with Gasteiger partial charge in [0.1, 0.15) is 0 Å². The number of aromatic hydroxyl groups is 1. The first-order valence-electron chi connectivity index (χ1n) is 6.76. The van der Waals surface area contributed by atoms with Crippen LogP contribution in [0, 0.1) is 6.92 Å². The van der Waals surface area contributed by atoms with Crippen LogP contribution in [-0.2, 0) is 12.8 Å². The van der Waals surface area contributed by atoms with Gasteiger partial charge in [-0.3, -0.25) is 0 Å². The summed E-state index contributed by atoms with van der Waals surface area (Å²) in [4.78, 5) is 10.6. The van der Waals surface area contributed by atoms with E-state index >= 15 is 0 Å². The fourth-order valence-corrected chi connectivity index (χ4v) is 2.27. The molecular weight excluding hydrogens is 244 g/mol. The third kappa shape index (κ3) is 3.88. The van der Waals surface area contributed by atoms with E-state index in [1.807, 2.05) is 6.92 Å². The van der Waals surface area contributed by atoms with Crippen molar-refractivity contribution in [1.29, 1.82) is 0 Å². The van der Waals surface area contributed by atoms with Gasteiger partial charge in [0.05, 0.1) is 0 Å². The number of carbonyl (C=O) groups is 1. The van der Waals surface area contributed by atoms with Crippen LogP contribution in [0.1, 0.15) is 49.8 Å². The Morgan fingerprint density at radius 2 is 1.89 bits per heavy atom. The number of carboxylic acid groups (broad SMARTS) is 1. The van der Waals surface area contributed by atoms with Crippen LogP contribution in [0.3, 0.4) is 0 Å². The van der Waals surface area contributed by atoms with E-state index in [-0.39, 0.29) is 11.5 Å². The molecule has 4 heteroatoms. The van der Waals surface area contributed by atoms with Gasteiger partial charge in [0.15, 0.2) is 11.5 Å². The van der Waals surface area contributed by atoms with Crippen molar-refractivity contribution >= 4 is 6.16 Å². The first-order valence-corrected chi connectivity index (χ1v) is 6.76. The first kappa shape index (κ1) is 15.3. The van der Waals surface area contributed by atoms with Gasteiger partial charge in [-0.15, -0.1) is 0 Å². The van der Waals surface area contributed by atoms with Gasteiger partial charge in [0, 0.05) is 5.56 Å². The highest BCUT2D eigenvalue weighted by Crippen LogP contribution is 2.36. The van der Waals surface area contributed by atoms with Crippen LogP contribution in [0.5, 0.6) is 11.5 Å². The Morgan fingerprint density at radius 3 is 2.42 bits per heavy atom. The minimum atomic E-state index is -1.40. The Bertz CT molecular complexity index is 452. The van der Waals surface area contributed by atoms with Crippen LogP contribution in [0.25, 0.3) is 0 Å². The quantitative estimate of drug-likeness (QED) is 0.602. The van der Waals surface area contributed by atoms with E-state index in [0.29, 0.717) is 0 Å². The summed E-state index contributed by atoms with van der Waals surface area (Å²) in [5.41, 5.74) is 2.92. The minimum Gasteiger partial charge on any atom is -0.504 e. The lowest BCUT2D eigenvalue weighted by atomic mass is 9.93. The molecular formula is C15H22O4. The zero-order valence-electron chi connectivity index (χ0n) is 11.8. The van der Waals surface area contributed by atoms with Gasteiger partial charge in [0.2, 0.25) is 0 Å². The number of aryl methyl sites for hydroxylation is 1. The maximum absolute atomic E-state index is 10.6. The molecule has 1 aromatic carbocycles. The topological polar surface area (TPSA) is 66.8 Å². The number of ether oxygens (including phenoxy) is 1. The van der Waals surface area contributed by atoms with Crippen molar-refractivity contribution in [2.75, 3.05) is 0 Å². The van der Waals surface area contributed by atoms with E-state index in [4.69, 9.17) is 5.11 Å². The van der Waals surface area contributed by atoms with Gasteiger partial charge < -0.3 is 14.9 Å². The second kappa shape index (κ2) is 7.02. The van der Waals surface area contributed by atoms with Crippen molar-refractivity contribution in [3.63, 3.8) is 0 Å². The Morgan fingerprint density at radius 1 is 1.21 bits per heavy atom. The molecule has 0 aliphatic rings. The van der Waals surface area contributed by atoms with Gasteiger partial charge in [-0.25, -0.2) is 4.79 Å². The summed E-state index contributed by atoms with van der Waals surface area (Å²) in [5, 5.41) is 18.9. The lowest BCUT2D eigenvalue weighted by molar-refractivity contribution is 0.142. The normalized spacial score (nSPS) is 10.5. The average Bonchev–Trinajstić information content (AvgIpc) is 2.34. The molecule has 2 N–H and O–H groups in total. The zero-order valence-corrected chi connectivity index (χ0v) is 11.8. The highest BCUT2D eigenvalue weighted by molar-refractivity contribution is 5.65. The monoisotopic (exact) mass is 266 g/mol. The Labute approximate surface area is 114 Å². The zero-order chi connectivity index (χ0) is 14.4. The summed E-state index contributed by atoms with van der Waals surface area (Å²) < 4.78 is 4.65. The molecule has 0 spiro atoms. The second-order valence-electron chi connectivity index (χ2n) is 4.72. The number of hydrogen-bond donors (Lipinski definition) is 2. The van der Waals surface area contributed by atoms with Crippen LogP contribution >= 0.6 is 0 Å². The SMILES string of the molecule is CCCCc1c(O)c(OC(=O)O)cc(C)c1CCC. The van der Waals surface area contributed by atoms with Crippen LogP contribution in [0.4, 0.5) is 4.79 Å². The summed E-state index contributed by atoms with van der Waals surface area (Å²) in [6.07, 6.45) is 3.19. The van der Waals surface area contributed by atoms with Crippen molar-refractivity contribution in [1.82, 2.24) is 0 Å². The first-order chi connectivity index (χ1) is 9.01. The minimum absolute atomic E-state index is 0.0232. The molecule has 0 radical (unpaired) electrons. The van der Waals surface area contributed by atoms with Crippen molar-refractivity contribution in [3.8, 4) is 11.5 Å². The number of rotatable bonds is 6. The van der Waals surface area contributed by atoms with Crippen LogP contribution in [-0.4, -0.2) is 16.4 Å². The van der Waals surface area contributed by atoms with Gasteiger partial charge in [0.25, 0.3) is 0 Å². The van der Waals surface area contributed by atoms with E-state index in [1.165, 1.54) is 0 Å². The van der Waals surface area contributed by atoms with Gasteiger partial charge >= 0.3 is 6.16 Å². The summed E-state index contributed by atoms with van der Waals surface area (Å²) in [6, 6.07) is 1.60. The molecule has 0 saturated carbocycles. The van der Waals surface area contributed by atoms with E-state index in [2.05, 4.69) is 18.6 Å². The summed E-state index contributed by atoms with van der Waals surface area (Å²) >= 11 is 0. The fraction of sp³-hybridized carbons (Fsp3) is 0.533. The van der Waals surface area contributed by atoms with Crippen LogP contribution < -0.4 is 4.74 Å². The number of hydrogen-bond acceptors (Lipinski definition) is 3. The molecule has 0 heterocycles. The van der Waals surface area contributed by atoms with Crippen LogP contribution in [0.15, 0.2) is 6.07 Å². The molecule has 0 fully saturated rings. The molecule has 106 valence electrons. The van der Waals surface area contributed by atoms with Gasteiger partial charge in [-0.2, -0.15) is 0 Å². The van der Waals surface area contributed by atoms with Crippen LogP contribution in [0.2, 0.25) is 0 Å². The molecule has 0 amide bonds. The van der Waals surface area contributed by atoms with Crippen molar-refractivity contribution in [2.24, 2.45) is 0 Å². The second-order valence-corrected chi connectivity index (χ2v) is 4.72. The smallest absolute Gasteiger partial charge is 0.504 e. The average molecular weight is 266 g/mol. The van der Waals surface area contributed by atoms with Crippen molar-refractivity contribution < 1.29 is 19.7 Å². The molecule has 0 aliphatic carbocycles. The molecule has 1 rings (SSSR count). The third-order valence-corrected chi connectivity index (χ3v) is 3.18. The lowest BCUT2D eigenvalue weighted by Gasteiger charge is -2.16. The van der Waals surface area contributed by atoms with E-state index in [9.17, 15) is 9.90 Å². The van der Waals surface area contributed by atoms with Crippen molar-refractivity contribution in [3.05, 3.63) is 22.8 Å². The molecule has 0 bridgehead atoms. The number of benzene rings is 1. The van der Waals surface area contributed by atoms with E-state index < -0.39 is 6.16 Å². The Balaban J connectivity index is 3.25. The van der Waals surface area contributed by atoms with Gasteiger partial charge in [-0.1, -0.05) is 26.7 Å². The summed E-state index contributed by atoms with van der Waals surface area (Å²) in [5.74, 6) is 0.0147. The molecule has 1 aromatic rings. The number of phenols is 1. The molecule has 0 unspecified atom stereocenters. The third-order valence-electron chi connectivity index (χ3n) is 3.18. The maximum Gasteiger partial charge on any atom is 0.511 e. The molecule has 4 nitrogen and oxygen atoms in total.